The molecule has 0 aromatic heterocycles. The summed E-state index contributed by atoms with van der Waals surface area (Å²) in [6, 6.07) is 2.75. The van der Waals surface area contributed by atoms with Gasteiger partial charge in [0, 0.05) is 6.42 Å². The maximum Gasteiger partial charge on any atom is 0.416 e. The average Bonchev–Trinajstić information content (AvgIpc) is 2.83. The second-order valence-corrected chi connectivity index (χ2v) is 9.56. The summed E-state index contributed by atoms with van der Waals surface area (Å²) in [5, 5.41) is 0. The molecule has 0 bridgehead atoms. The van der Waals surface area contributed by atoms with Crippen molar-refractivity contribution < 1.29 is 34.8 Å². The first-order valence-corrected chi connectivity index (χ1v) is 10.4. The number of hydrazine groups is 1. The Labute approximate surface area is 142 Å². The van der Waals surface area contributed by atoms with E-state index in [-0.39, 0.29) is 23.8 Å². The van der Waals surface area contributed by atoms with E-state index in [1.807, 2.05) is 5.43 Å². The lowest BCUT2D eigenvalue weighted by molar-refractivity contribution is -0.137. The largest absolute Gasteiger partial charge is 0.416 e. The van der Waals surface area contributed by atoms with Crippen molar-refractivity contribution in [1.82, 2.24) is 10.3 Å². The number of sulfone groups is 1. The molecule has 1 atom stereocenters. The number of hydrogen-bond donors (Lipinski definition) is 2. The molecular weight excluding hydrogens is 385 g/mol. The SMILES string of the molecule is O=C(C[C@@H]1CCS(=O)(=O)C1)NNS(=O)(=O)c1ccc(C(F)(F)F)cc1. The van der Waals surface area contributed by atoms with E-state index >= 15 is 0 Å². The molecule has 12 heteroatoms. The van der Waals surface area contributed by atoms with Gasteiger partial charge in [-0.15, -0.1) is 4.83 Å². The fraction of sp³-hybridized carbons (Fsp3) is 0.462. The number of alkyl halides is 3. The van der Waals surface area contributed by atoms with Crippen molar-refractivity contribution in [2.24, 2.45) is 5.92 Å². The number of amides is 1. The van der Waals surface area contributed by atoms with Crippen molar-refractivity contribution in [2.75, 3.05) is 11.5 Å². The van der Waals surface area contributed by atoms with E-state index in [0.29, 0.717) is 18.6 Å². The lowest BCUT2D eigenvalue weighted by Gasteiger charge is -2.11. The summed E-state index contributed by atoms with van der Waals surface area (Å²) in [7, 11) is -7.40. The highest BCUT2D eigenvalue weighted by molar-refractivity contribution is 7.91. The van der Waals surface area contributed by atoms with Gasteiger partial charge >= 0.3 is 6.18 Å². The van der Waals surface area contributed by atoms with Crippen molar-refractivity contribution in [2.45, 2.75) is 23.9 Å². The lowest BCUT2D eigenvalue weighted by atomic mass is 10.1. The molecule has 140 valence electrons. The smallest absolute Gasteiger partial charge is 0.278 e. The van der Waals surface area contributed by atoms with Gasteiger partial charge in [-0.05, 0) is 36.6 Å². The first-order chi connectivity index (χ1) is 11.4. The van der Waals surface area contributed by atoms with Crippen molar-refractivity contribution in [1.29, 1.82) is 0 Å². The summed E-state index contributed by atoms with van der Waals surface area (Å²) < 4.78 is 83.8. The van der Waals surface area contributed by atoms with Gasteiger partial charge in [-0.25, -0.2) is 16.8 Å². The molecule has 0 unspecified atom stereocenters. The summed E-state index contributed by atoms with van der Waals surface area (Å²) in [5.41, 5.74) is 0.925. The minimum absolute atomic E-state index is 0.0117. The fourth-order valence-corrected chi connectivity index (χ4v) is 5.07. The van der Waals surface area contributed by atoms with E-state index in [4.69, 9.17) is 0 Å². The summed E-state index contributed by atoms with van der Waals surface area (Å²) in [5.74, 6) is -1.26. The number of halogens is 3. The maximum atomic E-state index is 12.5. The third-order valence-electron chi connectivity index (χ3n) is 3.62. The van der Waals surface area contributed by atoms with Crippen LogP contribution in [0.5, 0.6) is 0 Å². The number of hydrogen-bond acceptors (Lipinski definition) is 5. The Kier molecular flexibility index (Phi) is 5.44. The van der Waals surface area contributed by atoms with E-state index in [2.05, 4.69) is 0 Å². The van der Waals surface area contributed by atoms with E-state index < -0.39 is 42.4 Å². The molecule has 2 N–H and O–H groups in total. The zero-order valence-electron chi connectivity index (χ0n) is 12.7. The van der Waals surface area contributed by atoms with Crippen LogP contribution in [0, 0.1) is 5.92 Å². The van der Waals surface area contributed by atoms with Crippen LogP contribution in [0.25, 0.3) is 0 Å². The third-order valence-corrected chi connectivity index (χ3v) is 6.72. The molecule has 1 aromatic carbocycles. The van der Waals surface area contributed by atoms with Crippen LogP contribution in [0.4, 0.5) is 13.2 Å². The second-order valence-electron chi connectivity index (χ2n) is 5.65. The number of sulfonamides is 1. The third kappa shape index (κ3) is 5.41. The van der Waals surface area contributed by atoms with Crippen LogP contribution in [0.1, 0.15) is 18.4 Å². The first-order valence-electron chi connectivity index (χ1n) is 7.07. The van der Waals surface area contributed by atoms with Gasteiger partial charge in [0.1, 0.15) is 0 Å². The Bertz CT molecular complexity index is 849. The predicted octanol–water partition coefficient (Wildman–Crippen LogP) is 0.840. The zero-order valence-corrected chi connectivity index (χ0v) is 14.3. The topological polar surface area (TPSA) is 109 Å². The number of nitrogens with one attached hydrogen (secondary N) is 2. The van der Waals surface area contributed by atoms with Gasteiger partial charge in [0.25, 0.3) is 10.0 Å². The number of carbonyl (C=O) groups is 1. The van der Waals surface area contributed by atoms with Crippen LogP contribution < -0.4 is 10.3 Å². The van der Waals surface area contributed by atoms with Gasteiger partial charge in [-0.2, -0.15) is 13.2 Å². The molecule has 2 rings (SSSR count). The van der Waals surface area contributed by atoms with Crippen molar-refractivity contribution in [3.8, 4) is 0 Å². The second kappa shape index (κ2) is 6.92. The van der Waals surface area contributed by atoms with Gasteiger partial charge in [0.2, 0.25) is 5.91 Å². The summed E-state index contributed by atoms with van der Waals surface area (Å²) in [6.45, 7) is 0. The van der Waals surface area contributed by atoms with Crippen LogP contribution in [0.3, 0.4) is 0 Å². The first kappa shape index (κ1) is 19.7. The van der Waals surface area contributed by atoms with Crippen LogP contribution in [-0.4, -0.2) is 34.2 Å². The molecule has 0 aliphatic carbocycles. The van der Waals surface area contributed by atoms with E-state index in [1.165, 1.54) is 0 Å². The van der Waals surface area contributed by atoms with Gasteiger partial charge in [0.15, 0.2) is 9.84 Å². The molecule has 25 heavy (non-hydrogen) atoms. The molecule has 1 amide bonds. The average molecular weight is 400 g/mol. The normalized spacial score (nSPS) is 20.4. The molecule has 1 heterocycles. The molecule has 1 aliphatic heterocycles. The van der Waals surface area contributed by atoms with Crippen molar-refractivity contribution in [3.05, 3.63) is 29.8 Å². The molecule has 0 radical (unpaired) electrons. The quantitative estimate of drug-likeness (QED) is 0.712. The Hall–Kier alpha value is -1.66. The number of carbonyl (C=O) groups excluding carboxylic acids is 1. The minimum atomic E-state index is -4.59. The van der Waals surface area contributed by atoms with Crippen LogP contribution in [0.2, 0.25) is 0 Å². The predicted molar refractivity (Wildman–Crippen MR) is 81.3 cm³/mol. The Morgan fingerprint density at radius 3 is 2.28 bits per heavy atom. The molecule has 7 nitrogen and oxygen atoms in total. The van der Waals surface area contributed by atoms with Gasteiger partial charge in [-0.1, -0.05) is 0 Å². The molecule has 0 saturated carbocycles. The van der Waals surface area contributed by atoms with Gasteiger partial charge in [0.05, 0.1) is 22.0 Å². The number of benzene rings is 1. The highest BCUT2D eigenvalue weighted by Crippen LogP contribution is 2.29. The maximum absolute atomic E-state index is 12.5. The Morgan fingerprint density at radius 2 is 1.80 bits per heavy atom. The Balaban J connectivity index is 1.94. The summed E-state index contributed by atoms with van der Waals surface area (Å²) in [4.78, 5) is 13.0. The molecular formula is C13H15F3N2O5S2. The Morgan fingerprint density at radius 1 is 1.20 bits per heavy atom. The lowest BCUT2D eigenvalue weighted by Crippen LogP contribution is -2.42. The molecule has 0 spiro atoms. The highest BCUT2D eigenvalue weighted by atomic mass is 32.2. The standard InChI is InChI=1S/C13H15F3N2O5S2/c14-13(15,16)10-1-3-11(4-2-10)25(22,23)18-17-12(19)7-9-5-6-24(20,21)8-9/h1-4,9,18H,5-8H2,(H,17,19)/t9-/m0/s1. The van der Waals surface area contributed by atoms with Crippen molar-refractivity contribution in [3.63, 3.8) is 0 Å². The molecule has 1 fully saturated rings. The molecule has 1 saturated heterocycles. The summed E-state index contributed by atoms with van der Waals surface area (Å²) in [6.07, 6.45) is -4.44. The summed E-state index contributed by atoms with van der Waals surface area (Å²) >= 11 is 0. The zero-order chi connectivity index (χ0) is 18.9. The van der Waals surface area contributed by atoms with Gasteiger partial charge < -0.3 is 0 Å². The monoisotopic (exact) mass is 400 g/mol. The van der Waals surface area contributed by atoms with E-state index in [0.717, 1.165) is 12.1 Å². The minimum Gasteiger partial charge on any atom is -0.278 e. The fourth-order valence-electron chi connectivity index (χ4n) is 2.35. The van der Waals surface area contributed by atoms with Gasteiger partial charge in [-0.3, -0.25) is 10.2 Å². The van der Waals surface area contributed by atoms with Crippen molar-refractivity contribution >= 4 is 25.8 Å². The molecule has 1 aliphatic rings. The van der Waals surface area contributed by atoms with Crippen LogP contribution >= 0.6 is 0 Å². The number of rotatable bonds is 5. The highest BCUT2D eigenvalue weighted by Gasteiger charge is 2.31. The van der Waals surface area contributed by atoms with E-state index in [9.17, 15) is 34.8 Å². The van der Waals surface area contributed by atoms with Crippen LogP contribution in [-0.2, 0) is 30.8 Å². The molecule has 1 aromatic rings. The van der Waals surface area contributed by atoms with E-state index in [1.54, 1.807) is 4.83 Å². The van der Waals surface area contributed by atoms with Crippen LogP contribution in [0.15, 0.2) is 29.2 Å².